The molecule has 1 saturated carbocycles. The molecule has 0 spiro atoms. The van der Waals surface area contributed by atoms with Crippen molar-refractivity contribution in [3.05, 3.63) is 42.5 Å². The number of hydrogen-bond acceptors (Lipinski definition) is 2. The summed E-state index contributed by atoms with van der Waals surface area (Å²) in [6, 6.07) is 8.54. The van der Waals surface area contributed by atoms with Crippen molar-refractivity contribution in [3.63, 3.8) is 0 Å². The van der Waals surface area contributed by atoms with Crippen LogP contribution < -0.4 is 0 Å². The smallest absolute Gasteiger partial charge is 0.0739 e. The van der Waals surface area contributed by atoms with Gasteiger partial charge in [-0.15, -0.1) is 6.58 Å². The lowest BCUT2D eigenvalue weighted by Gasteiger charge is -2.29. The van der Waals surface area contributed by atoms with Gasteiger partial charge in [0.2, 0.25) is 0 Å². The second-order valence-electron chi connectivity index (χ2n) is 6.44. The van der Waals surface area contributed by atoms with Gasteiger partial charge in [-0.1, -0.05) is 37.5 Å². The highest BCUT2D eigenvalue weighted by Gasteiger charge is 2.21. The van der Waals surface area contributed by atoms with Crippen molar-refractivity contribution in [2.75, 3.05) is 0 Å². The molecule has 1 aromatic rings. The lowest BCUT2D eigenvalue weighted by Crippen LogP contribution is -2.13. The normalized spacial score (nSPS) is 21.1. The van der Waals surface area contributed by atoms with Gasteiger partial charge in [0.1, 0.15) is 0 Å². The number of isothiocyanates is 1. The Morgan fingerprint density at radius 3 is 2.45 bits per heavy atom. The van der Waals surface area contributed by atoms with E-state index in [4.69, 9.17) is 0 Å². The molecular weight excluding hydrogens is 286 g/mol. The number of benzene rings is 1. The van der Waals surface area contributed by atoms with Crippen LogP contribution in [-0.4, -0.2) is 5.16 Å². The van der Waals surface area contributed by atoms with Crippen LogP contribution in [0.5, 0.6) is 0 Å². The van der Waals surface area contributed by atoms with Gasteiger partial charge in [-0.3, -0.25) is 0 Å². The van der Waals surface area contributed by atoms with Crippen molar-refractivity contribution in [2.24, 2.45) is 10.9 Å². The summed E-state index contributed by atoms with van der Waals surface area (Å²) in [6.45, 7) is 3.79. The Balaban J connectivity index is 1.72. The molecule has 1 fully saturated rings. The van der Waals surface area contributed by atoms with E-state index in [1.54, 1.807) is 0 Å². The predicted octanol–water partition coefficient (Wildman–Crippen LogP) is 6.83. The van der Waals surface area contributed by atoms with Crippen LogP contribution in [0.4, 0.5) is 5.69 Å². The Kier molecular flexibility index (Phi) is 7.56. The zero-order chi connectivity index (χ0) is 15.6. The van der Waals surface area contributed by atoms with E-state index in [0.717, 1.165) is 17.5 Å². The first kappa shape index (κ1) is 17.1. The minimum Gasteiger partial charge on any atom is -0.195 e. The van der Waals surface area contributed by atoms with E-state index in [9.17, 15) is 0 Å². The Morgan fingerprint density at radius 1 is 1.09 bits per heavy atom. The number of hydrogen-bond donors (Lipinski definition) is 0. The molecular formula is C20H27NS. The van der Waals surface area contributed by atoms with Gasteiger partial charge in [-0.2, -0.15) is 4.99 Å². The first-order valence-electron chi connectivity index (χ1n) is 8.62. The third-order valence-electron chi connectivity index (χ3n) is 4.91. The molecule has 118 valence electrons. The van der Waals surface area contributed by atoms with E-state index in [1.165, 1.54) is 63.4 Å². The van der Waals surface area contributed by atoms with Crippen LogP contribution in [0, 0.1) is 5.92 Å². The Labute approximate surface area is 140 Å². The average molecular weight is 314 g/mol. The van der Waals surface area contributed by atoms with Crippen LogP contribution in [0.15, 0.2) is 41.9 Å². The van der Waals surface area contributed by atoms with Crippen LogP contribution in [0.2, 0.25) is 0 Å². The van der Waals surface area contributed by atoms with Gasteiger partial charge in [-0.25, -0.2) is 0 Å². The van der Waals surface area contributed by atoms with E-state index < -0.39 is 0 Å². The quantitative estimate of drug-likeness (QED) is 0.222. The third kappa shape index (κ3) is 5.51. The number of unbranched alkanes of at least 4 members (excludes halogenated alkanes) is 3. The van der Waals surface area contributed by atoms with E-state index in [0.29, 0.717) is 0 Å². The number of nitrogens with zero attached hydrogens (tertiary/aromatic N) is 1. The lowest BCUT2D eigenvalue weighted by molar-refractivity contribution is 0.302. The molecule has 0 atom stereocenters. The van der Waals surface area contributed by atoms with Crippen molar-refractivity contribution in [2.45, 2.75) is 63.7 Å². The standard InChI is InChI=1S/C20H27NS/c1-2-3-4-5-6-7-17-8-10-18(11-9-17)19-12-14-20(15-13-19)21-16-22/h2,12-15,17-18H,1,3-11H2/t17-,18-. The number of rotatable bonds is 8. The zero-order valence-corrected chi connectivity index (χ0v) is 14.3. The Bertz CT molecular complexity index is 491. The fourth-order valence-corrected chi connectivity index (χ4v) is 3.66. The predicted molar refractivity (Wildman–Crippen MR) is 99.1 cm³/mol. The highest BCUT2D eigenvalue weighted by Crippen LogP contribution is 2.38. The van der Waals surface area contributed by atoms with Gasteiger partial charge in [0.25, 0.3) is 0 Å². The summed E-state index contributed by atoms with van der Waals surface area (Å²) in [5.41, 5.74) is 2.37. The van der Waals surface area contributed by atoms with Crippen LogP contribution in [-0.2, 0) is 0 Å². The first-order valence-corrected chi connectivity index (χ1v) is 9.03. The first-order chi connectivity index (χ1) is 10.8. The molecule has 2 rings (SSSR count). The highest BCUT2D eigenvalue weighted by atomic mass is 32.1. The molecule has 0 amide bonds. The maximum Gasteiger partial charge on any atom is 0.0739 e. The molecule has 1 nitrogen and oxygen atoms in total. The summed E-state index contributed by atoms with van der Waals surface area (Å²) in [4.78, 5) is 4.02. The minimum atomic E-state index is 0.738. The van der Waals surface area contributed by atoms with Crippen molar-refractivity contribution in [1.29, 1.82) is 0 Å². The van der Waals surface area contributed by atoms with Crippen molar-refractivity contribution in [1.82, 2.24) is 0 Å². The van der Waals surface area contributed by atoms with E-state index >= 15 is 0 Å². The topological polar surface area (TPSA) is 12.4 Å². The molecule has 0 aromatic heterocycles. The summed E-state index contributed by atoms with van der Waals surface area (Å²) < 4.78 is 0. The molecule has 0 radical (unpaired) electrons. The monoisotopic (exact) mass is 313 g/mol. The Hall–Kier alpha value is -1.24. The molecule has 0 heterocycles. The van der Waals surface area contributed by atoms with Crippen LogP contribution in [0.1, 0.15) is 69.3 Å². The SMILES string of the molecule is C=CCCCCC[C@H]1CC[C@H](c2ccc(N=C=S)cc2)CC1. The van der Waals surface area contributed by atoms with Gasteiger partial charge < -0.3 is 0 Å². The average Bonchev–Trinajstić information content (AvgIpc) is 2.56. The molecule has 22 heavy (non-hydrogen) atoms. The summed E-state index contributed by atoms with van der Waals surface area (Å²) in [5, 5.41) is 2.42. The maximum absolute atomic E-state index is 4.64. The number of allylic oxidation sites excluding steroid dienone is 1. The molecule has 0 aliphatic heterocycles. The molecule has 1 aliphatic rings. The second kappa shape index (κ2) is 9.71. The molecule has 1 aromatic carbocycles. The van der Waals surface area contributed by atoms with E-state index in [-0.39, 0.29) is 0 Å². The van der Waals surface area contributed by atoms with Gasteiger partial charge in [0, 0.05) is 0 Å². The molecule has 2 heteroatoms. The third-order valence-corrected chi connectivity index (χ3v) is 5.00. The largest absolute Gasteiger partial charge is 0.195 e. The summed E-state index contributed by atoms with van der Waals surface area (Å²) in [5.74, 6) is 1.70. The van der Waals surface area contributed by atoms with Crippen LogP contribution in [0.25, 0.3) is 0 Å². The van der Waals surface area contributed by atoms with Crippen molar-refractivity contribution >= 4 is 23.1 Å². The zero-order valence-electron chi connectivity index (χ0n) is 13.5. The molecule has 0 unspecified atom stereocenters. The van der Waals surface area contributed by atoms with Gasteiger partial charge in [0.15, 0.2) is 0 Å². The fraction of sp³-hybridized carbons (Fsp3) is 0.550. The van der Waals surface area contributed by atoms with E-state index in [1.807, 2.05) is 6.08 Å². The molecule has 0 N–H and O–H groups in total. The number of aliphatic imine (C=N–C) groups is 1. The van der Waals surface area contributed by atoms with Crippen LogP contribution >= 0.6 is 12.2 Å². The molecule has 0 bridgehead atoms. The molecule has 0 saturated heterocycles. The van der Waals surface area contributed by atoms with Crippen LogP contribution in [0.3, 0.4) is 0 Å². The summed E-state index contributed by atoms with van der Waals surface area (Å²) in [6.07, 6.45) is 14.2. The lowest BCUT2D eigenvalue weighted by atomic mass is 9.77. The fourth-order valence-electron chi connectivity index (χ4n) is 3.56. The maximum atomic E-state index is 4.64. The molecule has 1 aliphatic carbocycles. The Morgan fingerprint density at radius 2 is 1.82 bits per heavy atom. The van der Waals surface area contributed by atoms with Crippen molar-refractivity contribution in [3.8, 4) is 0 Å². The van der Waals surface area contributed by atoms with E-state index in [2.05, 4.69) is 53.2 Å². The summed E-state index contributed by atoms with van der Waals surface area (Å²) in [7, 11) is 0. The minimum absolute atomic E-state index is 0.738. The van der Waals surface area contributed by atoms with Gasteiger partial charge in [-0.05, 0) is 80.3 Å². The van der Waals surface area contributed by atoms with Crippen molar-refractivity contribution < 1.29 is 0 Å². The second-order valence-corrected chi connectivity index (χ2v) is 6.62. The number of thiocarbonyl (C=S) groups is 1. The van der Waals surface area contributed by atoms with Gasteiger partial charge in [0.05, 0.1) is 10.8 Å². The van der Waals surface area contributed by atoms with Gasteiger partial charge >= 0.3 is 0 Å². The highest BCUT2D eigenvalue weighted by molar-refractivity contribution is 7.78. The summed E-state index contributed by atoms with van der Waals surface area (Å²) >= 11 is 4.64.